The fourth-order valence-corrected chi connectivity index (χ4v) is 14.5. The molecule has 13 heteroatoms. The van der Waals surface area contributed by atoms with Crippen molar-refractivity contribution in [2.75, 3.05) is 64.3 Å². The van der Waals surface area contributed by atoms with Crippen molar-refractivity contribution in [1.82, 2.24) is 58.3 Å². The molecule has 9 aromatic rings. The number of fused-ring (bicyclic) bond motifs is 3. The van der Waals surface area contributed by atoms with E-state index in [9.17, 15) is 0 Å². The number of anilines is 1. The van der Waals surface area contributed by atoms with E-state index in [0.29, 0.717) is 35.6 Å². The molecule has 13 nitrogen and oxygen atoms in total. The summed E-state index contributed by atoms with van der Waals surface area (Å²) in [6, 6.07) is 35.7. The third kappa shape index (κ3) is 16.0. The zero-order valence-electron chi connectivity index (χ0n) is 55.0. The van der Waals surface area contributed by atoms with E-state index in [0.717, 1.165) is 118 Å². The maximum atomic E-state index is 5.59. The molecule has 472 valence electrons. The van der Waals surface area contributed by atoms with Crippen LogP contribution in [-0.4, -0.2) is 118 Å². The van der Waals surface area contributed by atoms with Gasteiger partial charge in [-0.1, -0.05) is 146 Å². The summed E-state index contributed by atoms with van der Waals surface area (Å²) in [4.78, 5) is 36.9. The third-order valence-electron chi connectivity index (χ3n) is 19.8. The molecule has 0 atom stereocenters. The predicted octanol–water partition coefficient (Wildman–Crippen LogP) is 15.0. The van der Waals surface area contributed by atoms with Gasteiger partial charge in [-0.05, 0) is 148 Å². The molecule has 6 aromatic heterocycles. The van der Waals surface area contributed by atoms with Gasteiger partial charge in [-0.15, -0.1) is 19.3 Å². The van der Waals surface area contributed by atoms with Crippen molar-refractivity contribution in [3.05, 3.63) is 172 Å². The van der Waals surface area contributed by atoms with Crippen LogP contribution in [0.1, 0.15) is 205 Å². The lowest BCUT2D eigenvalue weighted by Gasteiger charge is -2.34. The van der Waals surface area contributed by atoms with Crippen LogP contribution in [0.3, 0.4) is 0 Å². The van der Waals surface area contributed by atoms with E-state index in [1.165, 1.54) is 147 Å². The molecule has 3 aliphatic carbocycles. The zero-order valence-corrected chi connectivity index (χ0v) is 55.0. The summed E-state index contributed by atoms with van der Waals surface area (Å²) in [6.07, 6.45) is 44.2. The summed E-state index contributed by atoms with van der Waals surface area (Å²) >= 11 is 0. The van der Waals surface area contributed by atoms with Gasteiger partial charge in [0.1, 0.15) is 16.9 Å². The van der Waals surface area contributed by atoms with Crippen LogP contribution in [-0.2, 0) is 32.4 Å². The summed E-state index contributed by atoms with van der Waals surface area (Å²) in [5.74, 6) is 9.24. The van der Waals surface area contributed by atoms with Crippen molar-refractivity contribution in [3.63, 3.8) is 0 Å². The fraction of sp³-hybridized carbons (Fsp3) is 0.462. The van der Waals surface area contributed by atoms with Gasteiger partial charge in [0.2, 0.25) is 17.5 Å². The summed E-state index contributed by atoms with van der Waals surface area (Å²) < 4.78 is 7.38. The maximum absolute atomic E-state index is 5.59. The number of hydrogen-bond acceptors (Lipinski definition) is 10. The first-order chi connectivity index (χ1) is 44.6. The van der Waals surface area contributed by atoms with Crippen LogP contribution in [0.15, 0.2) is 110 Å². The van der Waals surface area contributed by atoms with Crippen LogP contribution in [0.5, 0.6) is 0 Å². The van der Waals surface area contributed by atoms with E-state index in [1.54, 1.807) is 0 Å². The van der Waals surface area contributed by atoms with E-state index >= 15 is 0 Å². The number of terminal acetylenes is 3. The predicted molar refractivity (Wildman–Crippen MR) is 373 cm³/mol. The molecule has 4 fully saturated rings. The Hall–Kier alpha value is -8.12. The molecule has 0 amide bonds. The quantitative estimate of drug-likeness (QED) is 0.0771. The average molecular weight is 1210 g/mol. The Bertz CT molecular complexity index is 3760. The SMILES string of the molecule is C#Cc1ncc2cc(Cc3ccc(CN(CC)CC)cc3)n(C3CCCCC3)c2n1.C#Cc1ncc2cc(Cc3ccc(CN(CC)CC)cc3)n(C3CCCCC3)c2n1.C#Cc1ncc2cc(Cc3ccc(N4CCN(C)CC4)cc3)n(C3CCCCC3)c2n1. The van der Waals surface area contributed by atoms with Gasteiger partial charge >= 0.3 is 0 Å². The van der Waals surface area contributed by atoms with Gasteiger partial charge in [-0.2, -0.15) is 0 Å². The number of piperazine rings is 1. The second-order valence-electron chi connectivity index (χ2n) is 25.8. The van der Waals surface area contributed by atoms with Gasteiger partial charge in [0.25, 0.3) is 0 Å². The van der Waals surface area contributed by atoms with Crippen LogP contribution in [0.25, 0.3) is 33.1 Å². The molecule has 1 aliphatic heterocycles. The van der Waals surface area contributed by atoms with E-state index in [4.69, 9.17) is 34.2 Å². The number of benzene rings is 3. The minimum Gasteiger partial charge on any atom is -0.369 e. The molecule has 3 aromatic carbocycles. The number of hydrogen-bond donors (Lipinski definition) is 0. The lowest BCUT2D eigenvalue weighted by atomic mass is 9.95. The molecule has 4 aliphatic rings. The smallest absolute Gasteiger partial charge is 0.206 e. The topological polar surface area (TPSA) is 105 Å². The number of aromatic nitrogens is 9. The van der Waals surface area contributed by atoms with Gasteiger partial charge in [-0.3, -0.25) is 9.80 Å². The molecular weight excluding hydrogens is 1120 g/mol. The lowest BCUT2D eigenvalue weighted by molar-refractivity contribution is 0.296. The van der Waals surface area contributed by atoms with Crippen molar-refractivity contribution < 1.29 is 0 Å². The van der Waals surface area contributed by atoms with E-state index < -0.39 is 0 Å². The standard InChI is InChI=1S/C26H31N5.2C26H32N4/c1-3-25-27-19-21-18-24(31(26(21)28-25)23-7-5-4-6-8-23)17-20-9-11-22(12-10-20)30-15-13-29(2)14-16-30;2*1-4-25-27-18-22-17-24(30(26(22)28-25)23-10-8-7-9-11-23)16-20-12-14-21(15-13-20)19-29(5-2)6-3/h1,9-12,18-19,23H,4-8,13-17H2,2H3;2*1,12-15,17-18,23H,5-11,16,19H2,2-3H3. The highest BCUT2D eigenvalue weighted by atomic mass is 15.2. The average Bonchev–Trinajstić information content (AvgIpc) is 1.88. The minimum atomic E-state index is 0.477. The summed E-state index contributed by atoms with van der Waals surface area (Å²) in [7, 11) is 2.20. The van der Waals surface area contributed by atoms with E-state index in [2.05, 4.69) is 192 Å². The molecule has 3 saturated carbocycles. The van der Waals surface area contributed by atoms with E-state index in [-0.39, 0.29) is 0 Å². The molecule has 0 N–H and O–H groups in total. The van der Waals surface area contributed by atoms with Crippen molar-refractivity contribution in [1.29, 1.82) is 0 Å². The van der Waals surface area contributed by atoms with Gasteiger partial charge < -0.3 is 23.5 Å². The molecule has 1 saturated heterocycles. The van der Waals surface area contributed by atoms with Gasteiger partial charge in [0.05, 0.1) is 0 Å². The zero-order chi connectivity index (χ0) is 63.1. The van der Waals surface area contributed by atoms with Crippen molar-refractivity contribution in [2.45, 2.75) is 174 Å². The van der Waals surface area contributed by atoms with Crippen molar-refractivity contribution in [2.24, 2.45) is 0 Å². The third-order valence-corrected chi connectivity index (χ3v) is 19.8. The lowest BCUT2D eigenvalue weighted by Crippen LogP contribution is -2.44. The molecule has 0 unspecified atom stereocenters. The Balaban J connectivity index is 0.000000140. The maximum Gasteiger partial charge on any atom is 0.206 e. The molecule has 7 heterocycles. The van der Waals surface area contributed by atoms with Crippen LogP contribution in [0.4, 0.5) is 5.69 Å². The van der Waals surface area contributed by atoms with Gasteiger partial charge in [0.15, 0.2) is 0 Å². The molecular formula is C78H95N13. The second kappa shape index (κ2) is 31.3. The highest BCUT2D eigenvalue weighted by molar-refractivity contribution is 5.79. The normalized spacial score (nSPS) is 16.2. The Kier molecular flexibility index (Phi) is 22.1. The Morgan fingerprint density at radius 3 is 1.00 bits per heavy atom. The van der Waals surface area contributed by atoms with Crippen LogP contribution >= 0.6 is 0 Å². The van der Waals surface area contributed by atoms with Crippen molar-refractivity contribution in [3.8, 4) is 37.0 Å². The van der Waals surface area contributed by atoms with E-state index in [1.807, 2.05) is 18.6 Å². The Morgan fingerprint density at radius 1 is 0.407 bits per heavy atom. The Labute approximate surface area is 542 Å². The monoisotopic (exact) mass is 1210 g/mol. The summed E-state index contributed by atoms with van der Waals surface area (Å²) in [5, 5.41) is 3.27. The van der Waals surface area contributed by atoms with Gasteiger partial charge in [-0.25, -0.2) is 29.9 Å². The molecule has 91 heavy (non-hydrogen) atoms. The molecule has 0 spiro atoms. The number of rotatable bonds is 18. The molecule has 0 bridgehead atoms. The van der Waals surface area contributed by atoms with Crippen molar-refractivity contribution >= 4 is 38.8 Å². The number of likely N-dealkylation sites (N-methyl/N-ethyl adjacent to an activating group) is 1. The van der Waals surface area contributed by atoms with Gasteiger partial charge in [0, 0.05) is 134 Å². The first kappa shape index (κ1) is 64.4. The van der Waals surface area contributed by atoms with Crippen LogP contribution < -0.4 is 4.90 Å². The largest absolute Gasteiger partial charge is 0.369 e. The number of nitrogens with zero attached hydrogens (tertiary/aromatic N) is 13. The van der Waals surface area contributed by atoms with Crippen LogP contribution in [0, 0.1) is 37.0 Å². The molecule has 0 radical (unpaired) electrons. The molecule has 13 rings (SSSR count). The second-order valence-corrected chi connectivity index (χ2v) is 25.8. The summed E-state index contributed by atoms with van der Waals surface area (Å²) in [6.45, 7) is 19.7. The minimum absolute atomic E-state index is 0.477. The highest BCUT2D eigenvalue weighted by Gasteiger charge is 2.26. The first-order valence-corrected chi connectivity index (χ1v) is 34.3. The summed E-state index contributed by atoms with van der Waals surface area (Å²) in [5.41, 5.74) is 15.0. The van der Waals surface area contributed by atoms with Crippen LogP contribution in [0.2, 0.25) is 0 Å². The Morgan fingerprint density at radius 2 is 0.703 bits per heavy atom. The highest BCUT2D eigenvalue weighted by Crippen LogP contribution is 2.37. The fourth-order valence-electron chi connectivity index (χ4n) is 14.5. The first-order valence-electron chi connectivity index (χ1n) is 34.3.